The summed E-state index contributed by atoms with van der Waals surface area (Å²) in [4.78, 5) is 15.6. The van der Waals surface area contributed by atoms with Crippen LogP contribution in [0.15, 0.2) is 23.2 Å². The highest BCUT2D eigenvalue weighted by Gasteiger charge is 2.06. The van der Waals surface area contributed by atoms with Gasteiger partial charge in [-0.25, -0.2) is 9.79 Å². The van der Waals surface area contributed by atoms with E-state index < -0.39 is 0 Å². The predicted molar refractivity (Wildman–Crippen MR) is 53.6 cm³/mol. The Morgan fingerprint density at radius 1 is 1.60 bits per heavy atom. The molecule has 0 saturated heterocycles. The lowest BCUT2D eigenvalue weighted by Gasteiger charge is -2.04. The lowest BCUT2D eigenvalue weighted by Crippen LogP contribution is -2.29. The van der Waals surface area contributed by atoms with E-state index >= 15 is 0 Å². The number of fused-ring (bicyclic) bond motifs is 1. The van der Waals surface area contributed by atoms with Gasteiger partial charge in [0.25, 0.3) is 0 Å². The van der Waals surface area contributed by atoms with Gasteiger partial charge in [-0.15, -0.1) is 0 Å². The van der Waals surface area contributed by atoms with E-state index in [-0.39, 0.29) is 5.97 Å². The summed E-state index contributed by atoms with van der Waals surface area (Å²) in [5.74, 6) is -0.320. The second-order valence-electron chi connectivity index (χ2n) is 3.07. The Balaban J connectivity index is 2.41. The molecule has 0 unspecified atom stereocenters. The van der Waals surface area contributed by atoms with Crippen LogP contribution < -0.4 is 10.6 Å². The number of hydrogen-bond donors (Lipinski definition) is 0. The van der Waals surface area contributed by atoms with Crippen molar-refractivity contribution >= 4 is 12.2 Å². The zero-order chi connectivity index (χ0) is 10.7. The van der Waals surface area contributed by atoms with Gasteiger partial charge < -0.3 is 9.47 Å². The first-order chi connectivity index (χ1) is 7.31. The van der Waals surface area contributed by atoms with Gasteiger partial charge in [-0.1, -0.05) is 0 Å². The Morgan fingerprint density at radius 3 is 3.27 bits per heavy atom. The summed E-state index contributed by atoms with van der Waals surface area (Å²) < 4.78 is 9.94. The topological polar surface area (TPSA) is 47.9 Å². The van der Waals surface area contributed by atoms with Gasteiger partial charge in [0.2, 0.25) is 0 Å². The molecule has 0 aromatic heterocycles. The van der Waals surface area contributed by atoms with Crippen LogP contribution in [0.2, 0.25) is 0 Å². The molecule has 15 heavy (non-hydrogen) atoms. The molecule has 0 fully saturated rings. The number of benzene rings is 1. The summed E-state index contributed by atoms with van der Waals surface area (Å²) in [6.07, 6.45) is 1.60. The molecule has 1 aromatic carbocycles. The highest BCUT2D eigenvalue weighted by atomic mass is 16.5. The fraction of sp³-hybridized carbons (Fsp3) is 0.273. The summed E-state index contributed by atoms with van der Waals surface area (Å²) in [5.41, 5.74) is 0.521. The van der Waals surface area contributed by atoms with E-state index in [9.17, 15) is 4.79 Å². The first kappa shape index (κ1) is 9.71. The van der Waals surface area contributed by atoms with E-state index in [2.05, 4.69) is 4.99 Å². The number of hydrogen-bond acceptors (Lipinski definition) is 4. The van der Waals surface area contributed by atoms with Gasteiger partial charge in [-0.3, -0.25) is 0 Å². The van der Waals surface area contributed by atoms with Crippen LogP contribution in [-0.4, -0.2) is 19.3 Å². The molecule has 0 atom stereocenters. The van der Waals surface area contributed by atoms with Crippen molar-refractivity contribution in [1.29, 1.82) is 0 Å². The molecule has 4 nitrogen and oxygen atoms in total. The van der Waals surface area contributed by atoms with Crippen LogP contribution in [0.25, 0.3) is 6.26 Å². The molecule has 0 saturated carbocycles. The molecule has 1 aliphatic rings. The Hall–Kier alpha value is -1.84. The molecule has 78 valence electrons. The average molecular weight is 205 g/mol. The van der Waals surface area contributed by atoms with Crippen LogP contribution in [-0.2, 0) is 9.47 Å². The Bertz CT molecular complexity index is 493. The molecule has 0 amide bonds. The molecule has 0 bridgehead atoms. The van der Waals surface area contributed by atoms with E-state index in [1.807, 2.05) is 0 Å². The van der Waals surface area contributed by atoms with Crippen LogP contribution >= 0.6 is 0 Å². The highest BCUT2D eigenvalue weighted by molar-refractivity contribution is 5.89. The second kappa shape index (κ2) is 4.13. The molecule has 0 aliphatic carbocycles. The Labute approximate surface area is 86.8 Å². The van der Waals surface area contributed by atoms with Crippen LogP contribution in [0, 0.1) is 0 Å². The van der Waals surface area contributed by atoms with Crippen molar-refractivity contribution in [2.75, 3.05) is 13.3 Å². The summed E-state index contributed by atoms with van der Waals surface area (Å²) in [6, 6.07) is 5.22. The molecule has 1 aliphatic heterocycles. The minimum Gasteiger partial charge on any atom is -0.478 e. The summed E-state index contributed by atoms with van der Waals surface area (Å²) >= 11 is 0. The lowest BCUT2D eigenvalue weighted by molar-refractivity contribution is 0.0526. The van der Waals surface area contributed by atoms with Gasteiger partial charge in [-0.05, 0) is 25.1 Å². The zero-order valence-corrected chi connectivity index (χ0v) is 8.40. The molecule has 1 aromatic rings. The van der Waals surface area contributed by atoms with Crippen molar-refractivity contribution in [3.63, 3.8) is 0 Å². The van der Waals surface area contributed by atoms with Crippen molar-refractivity contribution in [3.05, 3.63) is 34.3 Å². The third-order valence-electron chi connectivity index (χ3n) is 2.06. The van der Waals surface area contributed by atoms with E-state index in [1.165, 1.54) is 0 Å². The third kappa shape index (κ3) is 1.98. The Morgan fingerprint density at radius 2 is 2.47 bits per heavy atom. The molecular formula is C11H11NO3. The maximum absolute atomic E-state index is 11.4. The number of carbonyl (C=O) groups is 1. The molecular weight excluding hydrogens is 194 g/mol. The maximum Gasteiger partial charge on any atom is 0.338 e. The quantitative estimate of drug-likeness (QED) is 0.648. The van der Waals surface area contributed by atoms with Gasteiger partial charge in [0.15, 0.2) is 6.73 Å². The monoisotopic (exact) mass is 205 g/mol. The van der Waals surface area contributed by atoms with E-state index in [0.717, 1.165) is 10.6 Å². The van der Waals surface area contributed by atoms with Crippen LogP contribution in [0.3, 0.4) is 0 Å². The minimum atomic E-state index is -0.320. The number of ether oxygens (including phenoxy) is 2. The fourth-order valence-electron chi connectivity index (χ4n) is 1.37. The van der Waals surface area contributed by atoms with E-state index in [1.54, 1.807) is 31.4 Å². The summed E-state index contributed by atoms with van der Waals surface area (Å²) in [5, 5.41) is 1.65. The Kier molecular flexibility index (Phi) is 2.67. The first-order valence-corrected chi connectivity index (χ1v) is 4.74. The van der Waals surface area contributed by atoms with Gasteiger partial charge in [0.1, 0.15) is 0 Å². The maximum atomic E-state index is 11.4. The van der Waals surface area contributed by atoms with Gasteiger partial charge in [-0.2, -0.15) is 0 Å². The number of carbonyl (C=O) groups excluding carboxylic acids is 1. The van der Waals surface area contributed by atoms with Gasteiger partial charge in [0.05, 0.1) is 23.8 Å². The summed E-state index contributed by atoms with van der Waals surface area (Å²) in [7, 11) is 0. The van der Waals surface area contributed by atoms with Gasteiger partial charge in [0, 0.05) is 5.22 Å². The van der Waals surface area contributed by atoms with Crippen molar-refractivity contribution < 1.29 is 14.3 Å². The number of nitrogens with zero attached hydrogens (tertiary/aromatic N) is 1. The van der Waals surface area contributed by atoms with Crippen LogP contribution in [0.5, 0.6) is 0 Å². The molecule has 0 spiro atoms. The fourth-order valence-corrected chi connectivity index (χ4v) is 1.37. The zero-order valence-electron chi connectivity index (χ0n) is 8.40. The second-order valence-corrected chi connectivity index (χ2v) is 3.07. The van der Waals surface area contributed by atoms with E-state index in [4.69, 9.17) is 9.47 Å². The SMILES string of the molecule is CCOC(=O)c1ccc2c(c1)=COCN=2. The normalized spacial score (nSPS) is 12.9. The summed E-state index contributed by atoms with van der Waals surface area (Å²) in [6.45, 7) is 2.49. The molecule has 0 radical (unpaired) electrons. The lowest BCUT2D eigenvalue weighted by atomic mass is 10.2. The largest absolute Gasteiger partial charge is 0.478 e. The van der Waals surface area contributed by atoms with Crippen LogP contribution in [0.4, 0.5) is 0 Å². The molecule has 0 N–H and O–H groups in total. The van der Waals surface area contributed by atoms with E-state index in [0.29, 0.717) is 18.9 Å². The van der Waals surface area contributed by atoms with Crippen molar-refractivity contribution in [2.45, 2.75) is 6.92 Å². The highest BCUT2D eigenvalue weighted by Crippen LogP contribution is 1.97. The number of esters is 1. The minimum absolute atomic E-state index is 0.320. The first-order valence-electron chi connectivity index (χ1n) is 4.74. The molecule has 4 heteroatoms. The van der Waals surface area contributed by atoms with Crippen LogP contribution in [0.1, 0.15) is 17.3 Å². The van der Waals surface area contributed by atoms with Crippen molar-refractivity contribution in [2.24, 2.45) is 4.99 Å². The molecule has 2 rings (SSSR count). The molecule has 1 heterocycles. The average Bonchev–Trinajstić information content (AvgIpc) is 2.29. The third-order valence-corrected chi connectivity index (χ3v) is 2.06. The van der Waals surface area contributed by atoms with Crippen molar-refractivity contribution in [1.82, 2.24) is 0 Å². The standard InChI is InChI=1S/C11H11NO3/c1-2-15-11(13)8-3-4-10-9(5-8)6-14-7-12-10/h3-6H,2,7H2,1H3. The smallest absolute Gasteiger partial charge is 0.338 e. The number of rotatable bonds is 2. The van der Waals surface area contributed by atoms with Gasteiger partial charge >= 0.3 is 5.97 Å². The van der Waals surface area contributed by atoms with Crippen molar-refractivity contribution in [3.8, 4) is 0 Å². The predicted octanol–water partition coefficient (Wildman–Crippen LogP) is 0.209.